The van der Waals surface area contributed by atoms with E-state index >= 15 is 0 Å². The van der Waals surface area contributed by atoms with Crippen LogP contribution in [0.3, 0.4) is 0 Å². The third-order valence-corrected chi connectivity index (χ3v) is 4.65. The molecule has 0 aliphatic carbocycles. The zero-order valence-corrected chi connectivity index (χ0v) is 13.8. The number of hydrogen-bond acceptors (Lipinski definition) is 2. The van der Waals surface area contributed by atoms with Crippen molar-refractivity contribution in [1.29, 1.82) is 0 Å². The molecule has 112 valence electrons. The number of rotatable bonds is 8. The second kappa shape index (κ2) is 8.91. The van der Waals surface area contributed by atoms with Crippen LogP contribution in [0.4, 0.5) is 0 Å². The molecule has 1 atom stereocenters. The summed E-state index contributed by atoms with van der Waals surface area (Å²) in [5, 5.41) is 3.68. The molecule has 2 aromatic carbocycles. The second-order valence-corrected chi connectivity index (χ2v) is 6.56. The largest absolute Gasteiger partial charge is 0.313 e. The van der Waals surface area contributed by atoms with Gasteiger partial charge in [-0.25, -0.2) is 0 Å². The van der Waals surface area contributed by atoms with E-state index in [-0.39, 0.29) is 0 Å². The molecule has 2 rings (SSSR count). The Morgan fingerprint density at radius 1 is 1.00 bits per heavy atom. The van der Waals surface area contributed by atoms with Gasteiger partial charge in [-0.3, -0.25) is 0 Å². The summed E-state index contributed by atoms with van der Waals surface area (Å²) in [6, 6.07) is 20.1. The van der Waals surface area contributed by atoms with Crippen LogP contribution >= 0.6 is 11.8 Å². The Morgan fingerprint density at radius 3 is 2.38 bits per heavy atom. The number of thioether (sulfide) groups is 1. The van der Waals surface area contributed by atoms with Gasteiger partial charge in [-0.1, -0.05) is 55.0 Å². The lowest BCUT2D eigenvalue weighted by molar-refractivity contribution is 0.550. The minimum atomic E-state index is 0.526. The van der Waals surface area contributed by atoms with E-state index in [1.165, 1.54) is 22.4 Å². The smallest absolute Gasteiger partial charge is 0.0202 e. The summed E-state index contributed by atoms with van der Waals surface area (Å²) in [4.78, 5) is 1.35. The Balaban J connectivity index is 1.92. The summed E-state index contributed by atoms with van der Waals surface area (Å²) in [7, 11) is 0. The van der Waals surface area contributed by atoms with E-state index in [1.807, 2.05) is 11.8 Å². The van der Waals surface area contributed by atoms with E-state index in [4.69, 9.17) is 0 Å². The zero-order valence-electron chi connectivity index (χ0n) is 13.0. The predicted molar refractivity (Wildman–Crippen MR) is 94.1 cm³/mol. The summed E-state index contributed by atoms with van der Waals surface area (Å²) in [6.07, 6.45) is 2.28. The molecule has 0 spiro atoms. The van der Waals surface area contributed by atoms with Gasteiger partial charge in [-0.15, -0.1) is 11.8 Å². The summed E-state index contributed by atoms with van der Waals surface area (Å²) in [6.45, 7) is 5.45. The molecule has 1 unspecified atom stereocenters. The highest BCUT2D eigenvalue weighted by molar-refractivity contribution is 7.99. The molecule has 0 aliphatic heterocycles. The van der Waals surface area contributed by atoms with Gasteiger partial charge in [0.1, 0.15) is 0 Å². The molecule has 0 radical (unpaired) electrons. The fourth-order valence-corrected chi connectivity index (χ4v) is 3.24. The normalized spacial score (nSPS) is 12.3. The van der Waals surface area contributed by atoms with Crippen molar-refractivity contribution in [2.45, 2.75) is 37.6 Å². The van der Waals surface area contributed by atoms with Gasteiger partial charge >= 0.3 is 0 Å². The summed E-state index contributed by atoms with van der Waals surface area (Å²) in [5.41, 5.74) is 2.75. The molecule has 0 heterocycles. The van der Waals surface area contributed by atoms with Gasteiger partial charge in [-0.2, -0.15) is 0 Å². The van der Waals surface area contributed by atoms with E-state index in [1.54, 1.807) is 0 Å². The topological polar surface area (TPSA) is 12.0 Å². The van der Waals surface area contributed by atoms with Crippen molar-refractivity contribution in [2.75, 3.05) is 12.3 Å². The molecule has 0 saturated carbocycles. The Hall–Kier alpha value is -1.25. The fraction of sp³-hybridized carbons (Fsp3) is 0.368. The molecule has 0 fully saturated rings. The van der Waals surface area contributed by atoms with Crippen LogP contribution in [0.1, 0.15) is 24.5 Å². The molecule has 21 heavy (non-hydrogen) atoms. The van der Waals surface area contributed by atoms with Gasteiger partial charge in [-0.05, 0) is 44.0 Å². The third-order valence-electron chi connectivity index (χ3n) is 3.48. The second-order valence-electron chi connectivity index (χ2n) is 5.46. The molecular formula is C19H25NS. The molecular weight excluding hydrogens is 274 g/mol. The fourth-order valence-electron chi connectivity index (χ4n) is 2.26. The molecule has 1 nitrogen and oxygen atoms in total. The number of benzene rings is 2. The maximum Gasteiger partial charge on any atom is 0.0202 e. The van der Waals surface area contributed by atoms with Gasteiger partial charge in [0.05, 0.1) is 0 Å². The number of nitrogens with one attached hydrogen (secondary N) is 1. The molecule has 0 aliphatic rings. The predicted octanol–water partition coefficient (Wildman–Crippen LogP) is 4.70. The minimum Gasteiger partial charge on any atom is -0.313 e. The summed E-state index contributed by atoms with van der Waals surface area (Å²) >= 11 is 1.94. The van der Waals surface area contributed by atoms with Crippen molar-refractivity contribution in [3.05, 3.63) is 65.7 Å². The molecule has 0 saturated heterocycles. The molecule has 0 aromatic heterocycles. The Kier molecular flexibility index (Phi) is 6.84. The lowest BCUT2D eigenvalue weighted by atomic mass is 10.1. The molecule has 0 bridgehead atoms. The molecule has 1 N–H and O–H groups in total. The molecule has 0 amide bonds. The highest BCUT2D eigenvalue weighted by Gasteiger charge is 2.09. The van der Waals surface area contributed by atoms with Gasteiger partial charge in [0.2, 0.25) is 0 Å². The first-order valence-electron chi connectivity index (χ1n) is 7.74. The van der Waals surface area contributed by atoms with Crippen molar-refractivity contribution in [2.24, 2.45) is 0 Å². The summed E-state index contributed by atoms with van der Waals surface area (Å²) in [5.74, 6) is 1.11. The maximum atomic E-state index is 3.68. The van der Waals surface area contributed by atoms with Crippen LogP contribution in [0.15, 0.2) is 59.5 Å². The third kappa shape index (κ3) is 5.94. The standard InChI is InChI=1S/C19H25NS/c1-3-13-20-18(14-17-11-9-16(2)10-12-17)15-21-19-7-5-4-6-8-19/h4-12,18,20H,3,13-15H2,1-2H3. The van der Waals surface area contributed by atoms with Crippen molar-refractivity contribution < 1.29 is 0 Å². The van der Waals surface area contributed by atoms with Crippen molar-refractivity contribution in [1.82, 2.24) is 5.32 Å². The Labute approximate surface area is 133 Å². The van der Waals surface area contributed by atoms with Gasteiger partial charge in [0.25, 0.3) is 0 Å². The lowest BCUT2D eigenvalue weighted by Gasteiger charge is -2.18. The van der Waals surface area contributed by atoms with Gasteiger partial charge in [0.15, 0.2) is 0 Å². The minimum absolute atomic E-state index is 0.526. The van der Waals surface area contributed by atoms with Crippen LogP contribution in [0.25, 0.3) is 0 Å². The lowest BCUT2D eigenvalue weighted by Crippen LogP contribution is -2.34. The molecule has 2 aromatic rings. The van der Waals surface area contributed by atoms with Crippen LogP contribution in [0.5, 0.6) is 0 Å². The Morgan fingerprint density at radius 2 is 1.71 bits per heavy atom. The molecule has 2 heteroatoms. The van der Waals surface area contributed by atoms with E-state index in [0.29, 0.717) is 6.04 Å². The van der Waals surface area contributed by atoms with Crippen LogP contribution in [0, 0.1) is 6.92 Å². The average molecular weight is 299 g/mol. The van der Waals surface area contributed by atoms with E-state index < -0.39 is 0 Å². The average Bonchev–Trinajstić information content (AvgIpc) is 2.53. The summed E-state index contributed by atoms with van der Waals surface area (Å²) < 4.78 is 0. The van der Waals surface area contributed by atoms with Crippen LogP contribution in [-0.4, -0.2) is 18.3 Å². The van der Waals surface area contributed by atoms with E-state index in [9.17, 15) is 0 Å². The first-order chi connectivity index (χ1) is 10.3. The van der Waals surface area contributed by atoms with Crippen molar-refractivity contribution in [3.63, 3.8) is 0 Å². The van der Waals surface area contributed by atoms with Gasteiger partial charge < -0.3 is 5.32 Å². The first-order valence-corrected chi connectivity index (χ1v) is 8.73. The van der Waals surface area contributed by atoms with Crippen LogP contribution in [-0.2, 0) is 6.42 Å². The first kappa shape index (κ1) is 16.1. The van der Waals surface area contributed by atoms with Crippen LogP contribution < -0.4 is 5.32 Å². The van der Waals surface area contributed by atoms with E-state index in [0.717, 1.165) is 18.7 Å². The number of aryl methyl sites for hydroxylation is 1. The Bertz CT molecular complexity index is 507. The SMILES string of the molecule is CCCNC(CSc1ccccc1)Cc1ccc(C)cc1. The van der Waals surface area contributed by atoms with E-state index in [2.05, 4.69) is 73.8 Å². The maximum absolute atomic E-state index is 3.68. The number of hydrogen-bond donors (Lipinski definition) is 1. The zero-order chi connectivity index (χ0) is 14.9. The highest BCUT2D eigenvalue weighted by atomic mass is 32.2. The quantitative estimate of drug-likeness (QED) is 0.709. The van der Waals surface area contributed by atoms with Crippen LogP contribution in [0.2, 0.25) is 0 Å². The highest BCUT2D eigenvalue weighted by Crippen LogP contribution is 2.19. The van der Waals surface area contributed by atoms with Crippen molar-refractivity contribution in [3.8, 4) is 0 Å². The monoisotopic (exact) mass is 299 g/mol. The van der Waals surface area contributed by atoms with Gasteiger partial charge in [0, 0.05) is 16.7 Å². The van der Waals surface area contributed by atoms with Crippen molar-refractivity contribution >= 4 is 11.8 Å².